The summed E-state index contributed by atoms with van der Waals surface area (Å²) in [6.07, 6.45) is 6.60. The van der Waals surface area contributed by atoms with Crippen LogP contribution in [0, 0.1) is 0 Å². The molecule has 1 saturated carbocycles. The first-order valence-corrected chi connectivity index (χ1v) is 10.7. The number of carbonyl (C=O) groups is 2. The summed E-state index contributed by atoms with van der Waals surface area (Å²) in [5.41, 5.74) is 2.98. The van der Waals surface area contributed by atoms with Crippen LogP contribution in [0.5, 0.6) is 0 Å². The Kier molecular flexibility index (Phi) is 7.85. The highest BCUT2D eigenvalue weighted by Crippen LogP contribution is 2.18. The number of esters is 1. The molecule has 160 valence electrons. The highest BCUT2D eigenvalue weighted by molar-refractivity contribution is 6.02. The van der Waals surface area contributed by atoms with Crippen molar-refractivity contribution < 1.29 is 19.2 Å². The van der Waals surface area contributed by atoms with Crippen LogP contribution in [0.2, 0.25) is 0 Å². The van der Waals surface area contributed by atoms with Crippen molar-refractivity contribution in [2.45, 2.75) is 44.7 Å². The van der Waals surface area contributed by atoms with Gasteiger partial charge in [0.25, 0.3) is 0 Å². The van der Waals surface area contributed by atoms with Crippen LogP contribution in [-0.4, -0.2) is 38.6 Å². The van der Waals surface area contributed by atoms with Crippen molar-refractivity contribution in [2.24, 2.45) is 0 Å². The molecule has 3 N–H and O–H groups in total. The number of methoxy groups -OCH3 is 1. The van der Waals surface area contributed by atoms with Crippen LogP contribution in [-0.2, 0) is 16.1 Å². The van der Waals surface area contributed by atoms with Gasteiger partial charge in [0.1, 0.15) is 6.54 Å². The standard InChI is InChI=1S/C24H31N3O3/c1-27(19-11-4-3-5-12-19)17-18-10-6-8-14-21(18)25-16-23(28)26-22-15-9-7-13-20(22)24(29)30-2/h6-10,13-15,19,25H,3-5,11-12,16-17H2,1-2H3,(H,26,28)/p+1. The van der Waals surface area contributed by atoms with E-state index in [2.05, 4.69) is 23.7 Å². The molecule has 0 radical (unpaired) electrons. The van der Waals surface area contributed by atoms with E-state index >= 15 is 0 Å². The summed E-state index contributed by atoms with van der Waals surface area (Å²) in [7, 11) is 3.59. The monoisotopic (exact) mass is 410 g/mol. The van der Waals surface area contributed by atoms with Crippen molar-refractivity contribution in [1.82, 2.24) is 0 Å². The number of para-hydroxylation sites is 2. The van der Waals surface area contributed by atoms with Gasteiger partial charge in [-0.25, -0.2) is 4.79 Å². The third kappa shape index (κ3) is 5.83. The molecule has 2 aromatic carbocycles. The molecular weight excluding hydrogens is 378 g/mol. The van der Waals surface area contributed by atoms with Crippen LogP contribution in [0.1, 0.15) is 48.0 Å². The fourth-order valence-corrected chi connectivity index (χ4v) is 4.14. The Morgan fingerprint density at radius 3 is 2.40 bits per heavy atom. The van der Waals surface area contributed by atoms with Crippen molar-refractivity contribution in [3.63, 3.8) is 0 Å². The van der Waals surface area contributed by atoms with Crippen molar-refractivity contribution >= 4 is 23.3 Å². The first-order valence-electron chi connectivity index (χ1n) is 10.7. The van der Waals surface area contributed by atoms with Gasteiger partial charge in [0.05, 0.1) is 38.0 Å². The van der Waals surface area contributed by atoms with E-state index in [4.69, 9.17) is 4.74 Å². The molecule has 0 aliphatic heterocycles. The van der Waals surface area contributed by atoms with Gasteiger partial charge in [-0.05, 0) is 43.9 Å². The molecule has 6 nitrogen and oxygen atoms in total. The van der Waals surface area contributed by atoms with E-state index in [1.807, 2.05) is 18.2 Å². The molecule has 0 spiro atoms. The number of carbonyl (C=O) groups excluding carboxylic acids is 2. The SMILES string of the molecule is COC(=O)c1ccccc1NC(=O)CNc1ccccc1C[NH+](C)C1CCCCC1. The summed E-state index contributed by atoms with van der Waals surface area (Å²) < 4.78 is 4.78. The molecule has 1 aliphatic carbocycles. The summed E-state index contributed by atoms with van der Waals surface area (Å²) in [5.74, 6) is -0.688. The largest absolute Gasteiger partial charge is 0.465 e. The normalized spacial score (nSPS) is 15.3. The van der Waals surface area contributed by atoms with Crippen molar-refractivity contribution in [3.8, 4) is 0 Å². The molecule has 1 atom stereocenters. The van der Waals surface area contributed by atoms with Crippen LogP contribution < -0.4 is 15.5 Å². The number of nitrogens with one attached hydrogen (secondary N) is 3. The molecule has 1 fully saturated rings. The van der Waals surface area contributed by atoms with Crippen molar-refractivity contribution in [3.05, 3.63) is 59.7 Å². The maximum atomic E-state index is 12.5. The molecule has 1 aliphatic rings. The number of anilines is 2. The highest BCUT2D eigenvalue weighted by Gasteiger charge is 2.22. The van der Waals surface area contributed by atoms with E-state index in [-0.39, 0.29) is 12.5 Å². The maximum Gasteiger partial charge on any atom is 0.339 e. The van der Waals surface area contributed by atoms with Gasteiger partial charge in [0.2, 0.25) is 5.91 Å². The summed E-state index contributed by atoms with van der Waals surface area (Å²) >= 11 is 0. The Morgan fingerprint density at radius 2 is 1.67 bits per heavy atom. The van der Waals surface area contributed by atoms with Crippen LogP contribution in [0.4, 0.5) is 11.4 Å². The maximum absolute atomic E-state index is 12.5. The number of hydrogen-bond acceptors (Lipinski definition) is 4. The molecule has 0 heterocycles. The predicted molar refractivity (Wildman–Crippen MR) is 119 cm³/mol. The molecule has 0 aromatic heterocycles. The summed E-state index contributed by atoms with van der Waals surface area (Å²) in [6.45, 7) is 1.05. The van der Waals surface area contributed by atoms with Crippen LogP contribution in [0.25, 0.3) is 0 Å². The van der Waals surface area contributed by atoms with Gasteiger partial charge in [-0.2, -0.15) is 0 Å². The second-order valence-electron chi connectivity index (χ2n) is 7.95. The fraction of sp³-hybridized carbons (Fsp3) is 0.417. The Morgan fingerprint density at radius 1 is 1.00 bits per heavy atom. The molecular formula is C24H32N3O3+. The van der Waals surface area contributed by atoms with E-state index in [0.29, 0.717) is 17.3 Å². The number of hydrogen-bond donors (Lipinski definition) is 3. The van der Waals surface area contributed by atoms with Crippen molar-refractivity contribution in [2.75, 3.05) is 31.3 Å². The first kappa shape index (κ1) is 21.8. The van der Waals surface area contributed by atoms with Gasteiger partial charge in [0, 0.05) is 11.3 Å². The first-order chi connectivity index (χ1) is 14.6. The predicted octanol–water partition coefficient (Wildman–Crippen LogP) is 2.87. The number of rotatable bonds is 8. The minimum absolute atomic E-state index is 0.120. The lowest BCUT2D eigenvalue weighted by Crippen LogP contribution is -3.11. The molecule has 1 amide bonds. The number of ether oxygens (including phenoxy) is 1. The molecule has 30 heavy (non-hydrogen) atoms. The Balaban J connectivity index is 1.60. The quantitative estimate of drug-likeness (QED) is 0.585. The van der Waals surface area contributed by atoms with E-state index in [9.17, 15) is 9.59 Å². The van der Waals surface area contributed by atoms with E-state index in [1.165, 1.54) is 49.7 Å². The minimum Gasteiger partial charge on any atom is -0.465 e. The van der Waals surface area contributed by atoms with Crippen LogP contribution in [0.3, 0.4) is 0 Å². The molecule has 0 saturated heterocycles. The third-order valence-electron chi connectivity index (χ3n) is 5.83. The Bertz CT molecular complexity index is 862. The van der Waals surface area contributed by atoms with Crippen molar-refractivity contribution in [1.29, 1.82) is 0 Å². The minimum atomic E-state index is -0.474. The van der Waals surface area contributed by atoms with Gasteiger partial charge in [-0.3, -0.25) is 4.79 Å². The third-order valence-corrected chi connectivity index (χ3v) is 5.83. The lowest BCUT2D eigenvalue weighted by molar-refractivity contribution is -0.921. The van der Waals surface area contributed by atoms with Gasteiger partial charge in [0.15, 0.2) is 0 Å². The van der Waals surface area contributed by atoms with Gasteiger partial charge in [-0.15, -0.1) is 0 Å². The number of quaternary nitrogens is 1. The van der Waals surface area contributed by atoms with Crippen LogP contribution in [0.15, 0.2) is 48.5 Å². The van der Waals surface area contributed by atoms with Crippen LogP contribution >= 0.6 is 0 Å². The van der Waals surface area contributed by atoms with Gasteiger partial charge in [-0.1, -0.05) is 36.8 Å². The van der Waals surface area contributed by atoms with E-state index < -0.39 is 5.97 Å². The summed E-state index contributed by atoms with van der Waals surface area (Å²) in [4.78, 5) is 25.9. The zero-order valence-corrected chi connectivity index (χ0v) is 17.9. The lowest BCUT2D eigenvalue weighted by atomic mass is 9.94. The summed E-state index contributed by atoms with van der Waals surface area (Å²) in [6, 6.07) is 15.7. The molecule has 1 unspecified atom stereocenters. The highest BCUT2D eigenvalue weighted by atomic mass is 16.5. The van der Waals surface area contributed by atoms with E-state index in [1.54, 1.807) is 24.3 Å². The van der Waals surface area contributed by atoms with E-state index in [0.717, 1.165) is 12.2 Å². The van der Waals surface area contributed by atoms with Gasteiger partial charge >= 0.3 is 5.97 Å². The molecule has 6 heteroatoms. The molecule has 3 rings (SSSR count). The second kappa shape index (κ2) is 10.8. The zero-order valence-electron chi connectivity index (χ0n) is 17.9. The topological polar surface area (TPSA) is 71.9 Å². The average molecular weight is 411 g/mol. The molecule has 0 bridgehead atoms. The zero-order chi connectivity index (χ0) is 21.3. The Hall–Kier alpha value is -2.86. The smallest absolute Gasteiger partial charge is 0.339 e. The fourth-order valence-electron chi connectivity index (χ4n) is 4.14. The average Bonchev–Trinajstić information content (AvgIpc) is 2.79. The Labute approximate surface area is 178 Å². The number of benzene rings is 2. The number of amides is 1. The second-order valence-corrected chi connectivity index (χ2v) is 7.95. The lowest BCUT2D eigenvalue weighted by Gasteiger charge is -2.28. The summed E-state index contributed by atoms with van der Waals surface area (Å²) in [5, 5.41) is 6.06. The van der Waals surface area contributed by atoms with Gasteiger partial charge < -0.3 is 20.3 Å². The molecule has 2 aromatic rings.